The third-order valence-corrected chi connectivity index (χ3v) is 23.9. The number of anilines is 3. The number of aryl methyl sites for hydroxylation is 10. The van der Waals surface area contributed by atoms with Gasteiger partial charge in [0.25, 0.3) is 22.7 Å². The van der Waals surface area contributed by atoms with Crippen molar-refractivity contribution in [1.82, 2.24) is 39.7 Å². The fourth-order valence-electron chi connectivity index (χ4n) is 13.8. The molecule has 45 heteroatoms. The Morgan fingerprint density at radius 3 is 1.21 bits per heavy atom. The number of aromatic nitrogens is 8. The van der Waals surface area contributed by atoms with E-state index in [1.807, 2.05) is 121 Å². The molecular formula is C84H101BBr3N17Na2O20S2. The van der Waals surface area contributed by atoms with Gasteiger partial charge in [-0.25, -0.2) is 9.97 Å². The number of imidazole rings is 2. The molecule has 1 saturated heterocycles. The van der Waals surface area contributed by atoms with E-state index in [1.54, 1.807) is 19.1 Å². The molecule has 0 spiro atoms. The van der Waals surface area contributed by atoms with E-state index in [1.165, 1.54) is 120 Å². The fourth-order valence-corrected chi connectivity index (χ4v) is 15.4. The van der Waals surface area contributed by atoms with Gasteiger partial charge < -0.3 is 53.7 Å². The average Bonchev–Trinajstić information content (AvgIpc) is 1.62. The van der Waals surface area contributed by atoms with Crippen LogP contribution in [0.2, 0.25) is 0 Å². The number of fused-ring (bicyclic) bond motifs is 4. The van der Waals surface area contributed by atoms with Crippen LogP contribution in [0.3, 0.4) is 0 Å². The van der Waals surface area contributed by atoms with Gasteiger partial charge in [-0.3, -0.25) is 60.0 Å². The quantitative estimate of drug-likeness (QED) is 0.0214. The number of aliphatic imine (C=N–C) groups is 2. The number of carbonyl (C=O) groups excluding carboxylic acids is 2. The SMILES string of the molecule is BrCC1CC1.C.CC(=O)CC(C)=O.CC1=Nc2c(cc(-c3c(C)noc3C)cc2[N+](=O)[O-])C1.CC1=Nc2c(cc(Br)cc2[N+](=O)[O-])C1.Cc1noc(C)c1-c1cc(N)c2nc(C)n(CC3CC3)c2c1.Cc1noc(C)c1-c1cc([N+](=O)[O-])c2nc(C)n(CC3CC3)c2c1.Cc1noc(C)c1B1OC(C)(C)C(C)(C)O1.Nc1cc(Br)cc([N+](=O)[O-])c1N.O=S(=O)=S(=O)=O.[Na][Na]. The topological polar surface area (TPSA) is 536 Å². The number of halogens is 3. The second-order valence-electron chi connectivity index (χ2n) is 32.2. The molecule has 9 heterocycles. The van der Waals surface area contributed by atoms with Crippen LogP contribution in [0, 0.1) is 127 Å². The Morgan fingerprint density at radius 2 is 0.853 bits per heavy atom. The molecule has 6 aromatic heterocycles. The Labute approximate surface area is 801 Å². The van der Waals surface area contributed by atoms with E-state index >= 15 is 0 Å². The van der Waals surface area contributed by atoms with Crippen LogP contribution < -0.4 is 22.7 Å². The second kappa shape index (κ2) is 46.1. The Hall–Kier alpha value is -9.38. The summed E-state index contributed by atoms with van der Waals surface area (Å²) in [6.07, 6.45) is 9.42. The van der Waals surface area contributed by atoms with Crippen molar-refractivity contribution < 1.29 is 73.5 Å². The fraction of sp³-hybridized carbons (Fsp3) is 0.429. The number of benzene rings is 5. The molecule has 3 aliphatic heterocycles. The predicted molar refractivity (Wildman–Crippen MR) is 507 cm³/mol. The summed E-state index contributed by atoms with van der Waals surface area (Å²) in [5.74, 6) is 7.12. The first-order chi connectivity index (χ1) is 60.0. The number of non-ortho nitro benzene ring substituents is 1. The Bertz CT molecular complexity index is 6280. The van der Waals surface area contributed by atoms with Crippen LogP contribution in [0.4, 0.5) is 51.2 Å². The second-order valence-corrected chi connectivity index (χ2v) is 37.1. The van der Waals surface area contributed by atoms with Crippen LogP contribution in [-0.4, -0.2) is 167 Å². The standard InChI is InChI=1S/C17H18N4O3.C17H20N4O.C14H13N3O3.C11H18BNO3.C9H7BrN2O2.C6H6BrN3O2.C5H8O2.C4H7Br.CH4.2Na.O4S2/c1-9-16(10(2)24-19-9)13-6-14-17(15(7-13)21(22)23)18-11(3)20(14)8-12-4-5-12;1-9-16(10(2)22-20-9)13-6-14(18)17-15(7-13)21(11(3)19-17)8-12-4-5-12;1-7-4-11-5-10(13-8(2)16-20-9(13)3)6-12(17(18)19)14(11)15-7;1-7-9(8(2)14-13-7)12-15-10(3,4)11(5,6)16-12;1-5-2-6-3-7(10)4-8(12(13)14)9(6)11-5;7-3-1-4(8)6(9)5(2-3)10(11)12;1-4(6)3-5(2)7;5-3-4-1-2-4;;;;1-5(2)6(3)4/h6-7,12H,4-5,8H2,1-3H3;6-7,12H,4-5,8,18H2,1-3H3;5-6H,4H2,1-3H3;1-6H3;3-4H,2H2,1H3;1-2H,8-9H2;3H2,1-2H3;4H,1-3H2;1H4;;;. The van der Waals surface area contributed by atoms with Crippen LogP contribution in [-0.2, 0) is 63.4 Å². The molecule has 3 saturated carbocycles. The molecule has 0 unspecified atom stereocenters. The van der Waals surface area contributed by atoms with E-state index in [9.17, 15) is 50.0 Å². The van der Waals surface area contributed by atoms with Gasteiger partial charge in [0, 0.05) is 98.0 Å². The van der Waals surface area contributed by atoms with Gasteiger partial charge in [0.05, 0.1) is 82.5 Å². The summed E-state index contributed by atoms with van der Waals surface area (Å²) in [5.41, 5.74) is 34.4. The van der Waals surface area contributed by atoms with E-state index in [0.717, 1.165) is 153 Å². The van der Waals surface area contributed by atoms with Crippen LogP contribution in [0.5, 0.6) is 0 Å². The van der Waals surface area contributed by atoms with Crippen LogP contribution >= 0.6 is 47.8 Å². The van der Waals surface area contributed by atoms with Crippen molar-refractivity contribution in [2.75, 3.05) is 22.5 Å². The van der Waals surface area contributed by atoms with Crippen molar-refractivity contribution in [2.45, 2.75) is 214 Å². The van der Waals surface area contributed by atoms with Crippen molar-refractivity contribution in [1.29, 1.82) is 0 Å². The van der Waals surface area contributed by atoms with Gasteiger partial charge in [0.15, 0.2) is 5.52 Å². The number of alkyl halides is 1. The molecule has 5 aromatic carbocycles. The van der Waals surface area contributed by atoms with Crippen molar-refractivity contribution in [2.24, 2.45) is 27.7 Å². The third-order valence-electron chi connectivity index (χ3n) is 21.2. The number of carbonyl (C=O) groups is 2. The van der Waals surface area contributed by atoms with Crippen molar-refractivity contribution >= 4 is 219 Å². The number of nitro benzene ring substituents is 4. The number of nitro groups is 4. The molecule has 0 amide bonds. The first-order valence-electron chi connectivity index (χ1n) is 40.6. The van der Waals surface area contributed by atoms with Gasteiger partial charge in [-0.1, -0.05) is 75.8 Å². The number of hydrogen-bond acceptors (Lipinski definition) is 31. The molecule has 680 valence electrons. The van der Waals surface area contributed by atoms with Gasteiger partial charge in [0.1, 0.15) is 68.8 Å². The van der Waals surface area contributed by atoms with Gasteiger partial charge in [-0.2, -0.15) is 16.8 Å². The normalized spacial score (nSPS) is 14.3. The summed E-state index contributed by atoms with van der Waals surface area (Å²) in [6, 6.07) is 17.4. The molecular weight excluding hydrogens is 1930 g/mol. The summed E-state index contributed by atoms with van der Waals surface area (Å²) < 4.78 is 74.7. The molecule has 0 bridgehead atoms. The van der Waals surface area contributed by atoms with Gasteiger partial charge in [-0.05, 0) is 245 Å². The predicted octanol–water partition coefficient (Wildman–Crippen LogP) is 18.1. The van der Waals surface area contributed by atoms with Crippen molar-refractivity contribution in [3.8, 4) is 33.4 Å². The minimum atomic E-state index is -2.95. The Morgan fingerprint density at radius 1 is 0.496 bits per heavy atom. The van der Waals surface area contributed by atoms with Crippen LogP contribution in [0.15, 0.2) is 97.7 Å². The summed E-state index contributed by atoms with van der Waals surface area (Å²) >= 11 is 12.6. The van der Waals surface area contributed by atoms with E-state index in [0.29, 0.717) is 57.3 Å². The minimum absolute atomic E-state index is 0. The average molecular weight is 2030 g/mol. The number of nitrogens with two attached hydrogens (primary N) is 3. The van der Waals surface area contributed by atoms with Crippen molar-refractivity contribution in [3.05, 3.63) is 179 Å². The van der Waals surface area contributed by atoms with E-state index in [4.69, 9.17) is 61.4 Å². The molecule has 0 radical (unpaired) electrons. The summed E-state index contributed by atoms with van der Waals surface area (Å²) in [4.78, 5) is 79.9. The zero-order chi connectivity index (χ0) is 95.3. The van der Waals surface area contributed by atoms with Crippen molar-refractivity contribution in [3.63, 3.8) is 0 Å². The first-order valence-corrected chi connectivity index (χ1v) is 54.0. The molecule has 6 N–H and O–H groups in total. The Balaban J connectivity index is 0.000000205. The number of nitrogens with zero attached hydrogens (tertiary/aromatic N) is 14. The van der Waals surface area contributed by atoms with Gasteiger partial charge in [0.2, 0.25) is 0 Å². The molecule has 129 heavy (non-hydrogen) atoms. The maximum atomic E-state index is 11.6. The number of nitrogen functional groups attached to an aromatic ring is 3. The Kier molecular flexibility index (Phi) is 38.1. The van der Waals surface area contributed by atoms with Crippen LogP contribution in [0.1, 0.15) is 176 Å². The molecule has 11 aromatic rings. The van der Waals surface area contributed by atoms with E-state index in [2.05, 4.69) is 110 Å². The maximum absolute atomic E-state index is 11.6. The molecule has 37 nitrogen and oxygen atoms in total. The van der Waals surface area contributed by atoms with E-state index in [-0.39, 0.29) is 87.7 Å². The number of rotatable bonds is 15. The van der Waals surface area contributed by atoms with Crippen LogP contribution in [0.25, 0.3) is 55.4 Å². The first kappa shape index (κ1) is 107. The molecule has 17 rings (SSSR count). The third kappa shape index (κ3) is 27.9. The molecule has 4 fully saturated rings. The number of ketones is 2. The summed E-state index contributed by atoms with van der Waals surface area (Å²) in [7, 11) is -6.28. The van der Waals surface area contributed by atoms with E-state index < -0.39 is 28.4 Å². The molecule has 0 atom stereocenters. The number of Topliss-reactive ketones (excluding diaryl/α,β-unsaturated/α-hetero) is 2. The van der Waals surface area contributed by atoms with Gasteiger partial charge >= 0.3 is 69.3 Å². The number of hydrogen-bond donors (Lipinski definition) is 3. The monoisotopic (exact) mass is 2030 g/mol. The zero-order valence-corrected chi connectivity index (χ0v) is 85.1. The summed E-state index contributed by atoms with van der Waals surface area (Å²) in [6.45, 7) is 35.5. The molecule has 3 aliphatic carbocycles. The zero-order valence-electron chi connectivity index (χ0n) is 74.7. The molecule has 6 aliphatic rings. The van der Waals surface area contributed by atoms with Gasteiger partial charge in [-0.15, -0.1) is 0 Å². The summed E-state index contributed by atoms with van der Waals surface area (Å²) in [5, 5.41) is 61.0.